The number of nitrogens with one attached hydrogen (secondary N) is 2. The highest BCUT2D eigenvalue weighted by Gasteiger charge is 2.28. The van der Waals surface area contributed by atoms with Gasteiger partial charge < -0.3 is 10.6 Å². The summed E-state index contributed by atoms with van der Waals surface area (Å²) in [5.74, 6) is 1.33. The Morgan fingerprint density at radius 3 is 2.72 bits per heavy atom. The molecule has 0 bridgehead atoms. The fourth-order valence-electron chi connectivity index (χ4n) is 3.56. The molecular weight excluding hydrogens is 469 g/mol. The first kappa shape index (κ1) is 26.9. The summed E-state index contributed by atoms with van der Waals surface area (Å²) < 4.78 is 41.9. The van der Waals surface area contributed by atoms with Crippen molar-refractivity contribution < 1.29 is 17.9 Å². The van der Waals surface area contributed by atoms with Crippen molar-refractivity contribution >= 4 is 5.82 Å². The lowest BCUT2D eigenvalue weighted by Crippen LogP contribution is -2.20. The third-order valence-electron chi connectivity index (χ3n) is 5.29. The summed E-state index contributed by atoms with van der Waals surface area (Å²) in [6.45, 7) is 7.44. The van der Waals surface area contributed by atoms with Gasteiger partial charge in [0, 0.05) is 36.4 Å². The van der Waals surface area contributed by atoms with E-state index in [2.05, 4.69) is 43.1 Å². The van der Waals surface area contributed by atoms with Crippen LogP contribution in [0.25, 0.3) is 11.3 Å². The largest absolute Gasteiger partial charge is 0.522 e. The minimum atomic E-state index is -4.61. The molecule has 0 aliphatic rings. The lowest BCUT2D eigenvalue weighted by molar-refractivity contribution is -0.324. The molecule has 3 rings (SSSR count). The molecule has 0 saturated heterocycles. The van der Waals surface area contributed by atoms with Crippen LogP contribution in [0.15, 0.2) is 67.0 Å². The molecule has 3 heterocycles. The second-order valence-corrected chi connectivity index (χ2v) is 8.35. The normalized spacial score (nSPS) is 12.0. The summed E-state index contributed by atoms with van der Waals surface area (Å²) in [6.07, 6.45) is 4.84. The maximum Gasteiger partial charge on any atom is 0.522 e. The lowest BCUT2D eigenvalue weighted by atomic mass is 10.0. The van der Waals surface area contributed by atoms with Crippen LogP contribution in [0, 0.1) is 6.92 Å². The van der Waals surface area contributed by atoms with Gasteiger partial charge in [0.25, 0.3) is 0 Å². The molecule has 0 aromatic carbocycles. The number of aryl methyl sites for hydroxylation is 2. The third kappa shape index (κ3) is 8.53. The van der Waals surface area contributed by atoms with Gasteiger partial charge in [-0.15, -0.1) is 13.2 Å². The average Bonchev–Trinajstić information content (AvgIpc) is 3.25. The van der Waals surface area contributed by atoms with Gasteiger partial charge in [-0.3, -0.25) is 14.4 Å². The molecule has 0 unspecified atom stereocenters. The maximum atomic E-state index is 12.1. The highest BCUT2D eigenvalue weighted by atomic mass is 19.4. The summed E-state index contributed by atoms with van der Waals surface area (Å²) in [5.41, 5.74) is 5.52. The van der Waals surface area contributed by atoms with E-state index in [1.807, 2.05) is 51.4 Å². The van der Waals surface area contributed by atoms with Crippen molar-refractivity contribution in [2.45, 2.75) is 45.9 Å². The molecule has 3 aromatic heterocycles. The van der Waals surface area contributed by atoms with E-state index >= 15 is 0 Å². The van der Waals surface area contributed by atoms with Gasteiger partial charge in [0.15, 0.2) is 0 Å². The Bertz CT molecular complexity index is 1200. The smallest absolute Gasteiger partial charge is 0.346 e. The van der Waals surface area contributed by atoms with E-state index in [-0.39, 0.29) is 6.42 Å². The first-order valence-electron chi connectivity index (χ1n) is 11.7. The van der Waals surface area contributed by atoms with Crippen LogP contribution in [0.2, 0.25) is 0 Å². The van der Waals surface area contributed by atoms with E-state index in [4.69, 9.17) is 0 Å². The van der Waals surface area contributed by atoms with E-state index in [0.717, 1.165) is 34.5 Å². The minimum Gasteiger partial charge on any atom is -0.346 e. The van der Waals surface area contributed by atoms with Gasteiger partial charge in [-0.25, -0.2) is 4.98 Å². The number of rotatable bonds is 12. The van der Waals surface area contributed by atoms with Crippen LogP contribution >= 0.6 is 0 Å². The molecule has 0 spiro atoms. The molecule has 36 heavy (non-hydrogen) atoms. The average molecular weight is 501 g/mol. The van der Waals surface area contributed by atoms with Crippen molar-refractivity contribution in [1.29, 1.82) is 0 Å². The second kappa shape index (κ2) is 12.3. The molecule has 2 N–H and O–H groups in total. The van der Waals surface area contributed by atoms with Crippen LogP contribution in [0.5, 0.6) is 0 Å². The topological polar surface area (TPSA) is 76.9 Å². The lowest BCUT2D eigenvalue weighted by Gasteiger charge is -2.16. The molecule has 0 atom stereocenters. The summed E-state index contributed by atoms with van der Waals surface area (Å²) in [6, 6.07) is 7.97. The highest BCUT2D eigenvalue weighted by molar-refractivity contribution is 5.58. The molecule has 10 heteroatoms. The summed E-state index contributed by atoms with van der Waals surface area (Å²) in [7, 11) is 1.87. The van der Waals surface area contributed by atoms with E-state index < -0.39 is 13.0 Å². The molecule has 0 radical (unpaired) electrons. The number of hydrogen-bond donors (Lipinski definition) is 2. The number of hydrogen-bond acceptors (Lipinski definition) is 6. The van der Waals surface area contributed by atoms with Crippen LogP contribution in [-0.2, 0) is 18.2 Å². The molecule has 0 fully saturated rings. The molecule has 3 aromatic rings. The predicted molar refractivity (Wildman–Crippen MR) is 134 cm³/mol. The standard InChI is InChI=1S/C26H31F3N6O/c1-5-7-24(32-18(2)8-6-13-36-26(27,28)29)34-25-10-9-21(19(3)33-25)14-20-11-12-30-23(15-20)22-16-31-35(4)17-22/h7,9-12,15-17,32H,2,5-6,8,13-14H2,1,3-4H3,(H,33,34)/b24-7+. The Labute approximate surface area is 209 Å². The summed E-state index contributed by atoms with van der Waals surface area (Å²) in [4.78, 5) is 9.14. The Kier molecular flexibility index (Phi) is 9.24. The minimum absolute atomic E-state index is 0.203. The van der Waals surface area contributed by atoms with Crippen LogP contribution < -0.4 is 10.6 Å². The van der Waals surface area contributed by atoms with Crippen molar-refractivity contribution in [3.8, 4) is 11.3 Å². The Morgan fingerprint density at radius 2 is 2.06 bits per heavy atom. The number of halogens is 3. The highest BCUT2D eigenvalue weighted by Crippen LogP contribution is 2.21. The van der Waals surface area contributed by atoms with Gasteiger partial charge in [0.1, 0.15) is 11.6 Å². The van der Waals surface area contributed by atoms with Crippen LogP contribution in [0.3, 0.4) is 0 Å². The molecule has 0 aliphatic carbocycles. The van der Waals surface area contributed by atoms with E-state index in [1.165, 1.54) is 0 Å². The molecule has 192 valence electrons. The SMILES string of the molecule is C=C(CCCOC(F)(F)F)N/C(=C\CC)Nc1ccc(Cc2ccnc(-c3cnn(C)c3)c2)c(C)n1. The van der Waals surface area contributed by atoms with E-state index in [0.29, 0.717) is 30.2 Å². The van der Waals surface area contributed by atoms with Crippen LogP contribution in [0.1, 0.15) is 43.0 Å². The molecule has 0 amide bonds. The number of alkyl halides is 3. The molecule has 0 saturated carbocycles. The van der Waals surface area contributed by atoms with Crippen molar-refractivity contribution in [2.75, 3.05) is 11.9 Å². The van der Waals surface area contributed by atoms with E-state index in [9.17, 15) is 13.2 Å². The Hall–Kier alpha value is -3.66. The zero-order valence-corrected chi connectivity index (χ0v) is 20.7. The van der Waals surface area contributed by atoms with Gasteiger partial charge in [-0.2, -0.15) is 5.10 Å². The van der Waals surface area contributed by atoms with Gasteiger partial charge in [0.05, 0.1) is 18.5 Å². The fraction of sp³-hybridized carbons (Fsp3) is 0.346. The number of ether oxygens (including phenoxy) is 1. The molecule has 7 nitrogen and oxygen atoms in total. The first-order valence-corrected chi connectivity index (χ1v) is 11.7. The maximum absolute atomic E-state index is 12.1. The predicted octanol–water partition coefficient (Wildman–Crippen LogP) is 5.86. The number of pyridine rings is 2. The first-order chi connectivity index (χ1) is 17.1. The quantitative estimate of drug-likeness (QED) is 0.304. The van der Waals surface area contributed by atoms with Crippen molar-refractivity contribution in [3.05, 3.63) is 83.8 Å². The van der Waals surface area contributed by atoms with Gasteiger partial charge in [-0.1, -0.05) is 19.6 Å². The van der Waals surface area contributed by atoms with Crippen molar-refractivity contribution in [1.82, 2.24) is 25.1 Å². The third-order valence-corrected chi connectivity index (χ3v) is 5.29. The molecular formula is C26H31F3N6O. The number of aromatic nitrogens is 4. The van der Waals surface area contributed by atoms with E-state index in [1.54, 1.807) is 17.1 Å². The van der Waals surface area contributed by atoms with Crippen molar-refractivity contribution in [2.24, 2.45) is 7.05 Å². The van der Waals surface area contributed by atoms with Crippen molar-refractivity contribution in [3.63, 3.8) is 0 Å². The van der Waals surface area contributed by atoms with Gasteiger partial charge in [0.2, 0.25) is 0 Å². The Balaban J connectivity index is 1.60. The van der Waals surface area contributed by atoms with Gasteiger partial charge in [-0.05, 0) is 68.0 Å². The fourth-order valence-corrected chi connectivity index (χ4v) is 3.56. The summed E-state index contributed by atoms with van der Waals surface area (Å²) in [5, 5.41) is 10.6. The summed E-state index contributed by atoms with van der Waals surface area (Å²) >= 11 is 0. The van der Waals surface area contributed by atoms with Crippen LogP contribution in [-0.4, -0.2) is 32.7 Å². The van der Waals surface area contributed by atoms with Crippen LogP contribution in [0.4, 0.5) is 19.0 Å². The monoisotopic (exact) mass is 500 g/mol. The number of anilines is 1. The zero-order valence-electron chi connectivity index (χ0n) is 20.7. The Morgan fingerprint density at radius 1 is 1.25 bits per heavy atom. The zero-order chi connectivity index (χ0) is 26.1. The number of nitrogens with zero attached hydrogens (tertiary/aromatic N) is 4. The number of allylic oxidation sites excluding steroid dienone is 2. The molecule has 0 aliphatic heterocycles. The second-order valence-electron chi connectivity index (χ2n) is 8.35. The van der Waals surface area contributed by atoms with Gasteiger partial charge >= 0.3 is 6.36 Å².